The Morgan fingerprint density at radius 1 is 0.964 bits per heavy atom. The molecule has 6 heteroatoms. The van der Waals surface area contributed by atoms with Crippen LogP contribution in [0.15, 0.2) is 83.7 Å². The van der Waals surface area contributed by atoms with Crippen LogP contribution >= 0.6 is 11.6 Å². The number of carbonyl (C=O) groups is 1. The highest BCUT2D eigenvalue weighted by molar-refractivity contribution is 6.30. The molecule has 0 spiro atoms. The van der Waals surface area contributed by atoms with E-state index in [1.807, 2.05) is 12.1 Å². The summed E-state index contributed by atoms with van der Waals surface area (Å²) in [4.78, 5) is 30.9. The van der Waals surface area contributed by atoms with Crippen LogP contribution in [0.4, 0.5) is 0 Å². The van der Waals surface area contributed by atoms with E-state index in [9.17, 15) is 9.59 Å². The number of aromatic nitrogens is 2. The van der Waals surface area contributed by atoms with E-state index in [2.05, 4.69) is 4.98 Å². The van der Waals surface area contributed by atoms with Gasteiger partial charge < -0.3 is 0 Å². The van der Waals surface area contributed by atoms with Gasteiger partial charge in [-0.25, -0.2) is 9.99 Å². The summed E-state index contributed by atoms with van der Waals surface area (Å²) in [6.07, 6.45) is 0. The molecule has 1 heterocycles. The van der Waals surface area contributed by atoms with Gasteiger partial charge in [-0.05, 0) is 36.4 Å². The summed E-state index contributed by atoms with van der Waals surface area (Å²) in [7, 11) is 1.56. The fourth-order valence-corrected chi connectivity index (χ4v) is 3.27. The predicted octanol–water partition coefficient (Wildman–Crippen LogP) is 4.13. The highest BCUT2D eigenvalue weighted by atomic mass is 35.5. The van der Waals surface area contributed by atoms with E-state index in [0.29, 0.717) is 32.9 Å². The van der Waals surface area contributed by atoms with Crippen molar-refractivity contribution in [2.45, 2.75) is 0 Å². The zero-order valence-electron chi connectivity index (χ0n) is 15.0. The Morgan fingerprint density at radius 2 is 1.68 bits per heavy atom. The minimum Gasteiger partial charge on any atom is -0.267 e. The molecule has 5 nitrogen and oxygen atoms in total. The molecule has 0 saturated carbocycles. The Hall–Kier alpha value is -3.44. The monoisotopic (exact) mass is 389 g/mol. The maximum Gasteiger partial charge on any atom is 0.280 e. The second kappa shape index (κ2) is 7.29. The van der Waals surface area contributed by atoms with Gasteiger partial charge >= 0.3 is 0 Å². The largest absolute Gasteiger partial charge is 0.280 e. The topological polar surface area (TPSA) is 55.2 Å². The Labute approximate surface area is 166 Å². The molecular weight excluding hydrogens is 374 g/mol. The van der Waals surface area contributed by atoms with E-state index >= 15 is 0 Å². The summed E-state index contributed by atoms with van der Waals surface area (Å²) in [6, 6.07) is 22.9. The van der Waals surface area contributed by atoms with Crippen molar-refractivity contribution < 1.29 is 4.79 Å². The van der Waals surface area contributed by atoms with Crippen LogP contribution in [0.2, 0.25) is 5.02 Å². The predicted molar refractivity (Wildman–Crippen MR) is 111 cm³/mol. The molecular formula is C22H16ClN3O2. The molecule has 3 aromatic carbocycles. The Kier molecular flexibility index (Phi) is 4.67. The van der Waals surface area contributed by atoms with Crippen LogP contribution in [-0.4, -0.2) is 22.6 Å². The molecule has 4 aromatic rings. The summed E-state index contributed by atoms with van der Waals surface area (Å²) >= 11 is 6.15. The maximum atomic E-state index is 13.3. The van der Waals surface area contributed by atoms with Crippen LogP contribution in [0.5, 0.6) is 0 Å². The van der Waals surface area contributed by atoms with Crippen molar-refractivity contribution in [2.75, 3.05) is 12.1 Å². The number of hydrogen-bond acceptors (Lipinski definition) is 3. The number of halogens is 1. The molecule has 0 atom stereocenters. The van der Waals surface area contributed by atoms with Crippen molar-refractivity contribution in [1.82, 2.24) is 9.66 Å². The third kappa shape index (κ3) is 3.17. The average Bonchev–Trinajstić information content (AvgIpc) is 2.73. The molecule has 1 aromatic heterocycles. The van der Waals surface area contributed by atoms with Gasteiger partial charge in [-0.3, -0.25) is 9.59 Å². The van der Waals surface area contributed by atoms with Gasteiger partial charge in [-0.1, -0.05) is 54.1 Å². The van der Waals surface area contributed by atoms with Gasteiger partial charge in [0.25, 0.3) is 11.5 Å². The van der Waals surface area contributed by atoms with Gasteiger partial charge in [0.05, 0.1) is 10.9 Å². The standard InChI is InChI=1S/C22H16ClN3O2/c1-25(21(27)15-8-3-2-4-9-15)26-20(16-10-7-11-17(23)14-16)24-19-13-6-5-12-18(19)22(26)28/h2-14H,1H3. The number of carbonyl (C=O) groups excluding carboxylic acids is 1. The molecule has 0 fully saturated rings. The zero-order chi connectivity index (χ0) is 19.7. The van der Waals surface area contributed by atoms with Crippen molar-refractivity contribution in [3.8, 4) is 11.4 Å². The molecule has 0 bridgehead atoms. The maximum absolute atomic E-state index is 13.3. The number of nitrogens with zero attached hydrogens (tertiary/aromatic N) is 3. The number of fused-ring (bicyclic) bond motifs is 1. The first-order valence-corrected chi connectivity index (χ1v) is 9.05. The number of rotatable bonds is 3. The summed E-state index contributed by atoms with van der Waals surface area (Å²) in [5.41, 5.74) is 1.34. The van der Waals surface area contributed by atoms with E-state index < -0.39 is 0 Å². The molecule has 1 amide bonds. The van der Waals surface area contributed by atoms with Gasteiger partial charge in [0.2, 0.25) is 0 Å². The van der Waals surface area contributed by atoms with Gasteiger partial charge in [0, 0.05) is 23.2 Å². The van der Waals surface area contributed by atoms with E-state index in [4.69, 9.17) is 11.6 Å². The van der Waals surface area contributed by atoms with Crippen LogP contribution in [0.3, 0.4) is 0 Å². The lowest BCUT2D eigenvalue weighted by Gasteiger charge is -2.23. The van der Waals surface area contributed by atoms with Gasteiger partial charge in [0.1, 0.15) is 0 Å². The molecule has 0 unspecified atom stereocenters. The highest BCUT2D eigenvalue weighted by Crippen LogP contribution is 2.22. The molecule has 0 radical (unpaired) electrons. The number of para-hydroxylation sites is 1. The third-order valence-electron chi connectivity index (χ3n) is 4.45. The molecule has 0 aliphatic rings. The van der Waals surface area contributed by atoms with E-state index in [0.717, 1.165) is 0 Å². The Morgan fingerprint density at radius 3 is 2.43 bits per heavy atom. The highest BCUT2D eigenvalue weighted by Gasteiger charge is 2.21. The van der Waals surface area contributed by atoms with Gasteiger partial charge in [-0.15, -0.1) is 0 Å². The minimum absolute atomic E-state index is 0.317. The number of hydrogen-bond donors (Lipinski definition) is 0. The van der Waals surface area contributed by atoms with Crippen LogP contribution < -0.4 is 10.6 Å². The summed E-state index contributed by atoms with van der Waals surface area (Å²) in [5, 5.41) is 2.23. The fourth-order valence-electron chi connectivity index (χ4n) is 3.07. The van der Waals surface area contributed by atoms with Crippen molar-refractivity contribution >= 4 is 28.4 Å². The Balaban J connectivity index is 1.98. The average molecular weight is 390 g/mol. The van der Waals surface area contributed by atoms with Crippen LogP contribution in [0.1, 0.15) is 10.4 Å². The van der Waals surface area contributed by atoms with Crippen molar-refractivity contribution in [3.05, 3.63) is 99.8 Å². The zero-order valence-corrected chi connectivity index (χ0v) is 15.8. The smallest absolute Gasteiger partial charge is 0.267 e. The Bertz CT molecular complexity index is 1240. The van der Waals surface area contributed by atoms with Crippen LogP contribution in [-0.2, 0) is 0 Å². The minimum atomic E-state index is -0.327. The SMILES string of the molecule is CN(C(=O)c1ccccc1)n1c(-c2cccc(Cl)c2)nc2ccccc2c1=O. The van der Waals surface area contributed by atoms with E-state index in [-0.39, 0.29) is 11.5 Å². The first kappa shape index (κ1) is 17.9. The molecule has 0 aliphatic carbocycles. The molecule has 28 heavy (non-hydrogen) atoms. The van der Waals surface area contributed by atoms with Gasteiger partial charge in [-0.2, -0.15) is 4.68 Å². The quantitative estimate of drug-likeness (QED) is 0.529. The molecule has 4 rings (SSSR count). The normalized spacial score (nSPS) is 10.8. The molecule has 0 saturated heterocycles. The van der Waals surface area contributed by atoms with Crippen LogP contribution in [0.25, 0.3) is 22.3 Å². The van der Waals surface area contributed by atoms with E-state index in [1.165, 1.54) is 9.69 Å². The summed E-state index contributed by atoms with van der Waals surface area (Å²) < 4.78 is 1.29. The lowest BCUT2D eigenvalue weighted by molar-refractivity contribution is 0.0966. The van der Waals surface area contributed by atoms with Gasteiger partial charge in [0.15, 0.2) is 5.82 Å². The lowest BCUT2D eigenvalue weighted by atomic mass is 10.2. The first-order valence-electron chi connectivity index (χ1n) is 8.67. The second-order valence-corrected chi connectivity index (χ2v) is 6.71. The molecule has 138 valence electrons. The third-order valence-corrected chi connectivity index (χ3v) is 4.69. The number of amides is 1. The van der Waals surface area contributed by atoms with E-state index in [1.54, 1.807) is 73.8 Å². The lowest BCUT2D eigenvalue weighted by Crippen LogP contribution is -2.44. The fraction of sp³-hybridized carbons (Fsp3) is 0.0455. The van der Waals surface area contributed by atoms with Crippen molar-refractivity contribution in [1.29, 1.82) is 0 Å². The van der Waals surface area contributed by atoms with Crippen LogP contribution in [0, 0.1) is 0 Å². The van der Waals surface area contributed by atoms with Crippen molar-refractivity contribution in [3.63, 3.8) is 0 Å². The summed E-state index contributed by atoms with van der Waals surface area (Å²) in [6.45, 7) is 0. The second-order valence-electron chi connectivity index (χ2n) is 6.27. The molecule has 0 aliphatic heterocycles. The first-order chi connectivity index (χ1) is 13.6. The van der Waals surface area contributed by atoms with Crippen molar-refractivity contribution in [2.24, 2.45) is 0 Å². The summed E-state index contributed by atoms with van der Waals surface area (Å²) in [5.74, 6) is 0.0287. The number of benzene rings is 3. The molecule has 0 N–H and O–H groups in total.